The number of anilines is 1. The fourth-order valence-electron chi connectivity index (χ4n) is 3.67. The summed E-state index contributed by atoms with van der Waals surface area (Å²) >= 11 is 0. The van der Waals surface area contributed by atoms with E-state index in [4.69, 9.17) is 4.74 Å². The molecule has 0 radical (unpaired) electrons. The Morgan fingerprint density at radius 2 is 1.93 bits per heavy atom. The SMILES string of the molecule is COCCNC(=O)c1nc(C(=O)Nc2ccccc2C(C)(C)C)c2n1CCCC2. The summed E-state index contributed by atoms with van der Waals surface area (Å²) in [6.45, 7) is 7.85. The van der Waals surface area contributed by atoms with Crippen LogP contribution in [0.25, 0.3) is 0 Å². The molecule has 0 saturated heterocycles. The number of benzene rings is 1. The first-order valence-corrected chi connectivity index (χ1v) is 10.1. The molecule has 29 heavy (non-hydrogen) atoms. The van der Waals surface area contributed by atoms with E-state index in [0.29, 0.717) is 31.2 Å². The fraction of sp³-hybridized carbons (Fsp3) is 0.500. The van der Waals surface area contributed by atoms with Gasteiger partial charge in [-0.05, 0) is 36.3 Å². The molecule has 0 saturated carbocycles. The third-order valence-electron chi connectivity index (χ3n) is 5.11. The van der Waals surface area contributed by atoms with Crippen LogP contribution in [0.2, 0.25) is 0 Å². The number of aromatic nitrogens is 2. The molecule has 0 spiro atoms. The van der Waals surface area contributed by atoms with E-state index < -0.39 is 0 Å². The minimum atomic E-state index is -0.278. The first kappa shape index (κ1) is 21.0. The fourth-order valence-corrected chi connectivity index (χ4v) is 3.67. The number of imidazole rings is 1. The molecule has 156 valence electrons. The number of rotatable bonds is 6. The van der Waals surface area contributed by atoms with Crippen LogP contribution < -0.4 is 10.6 Å². The Morgan fingerprint density at radius 1 is 1.17 bits per heavy atom. The summed E-state index contributed by atoms with van der Waals surface area (Å²) in [5.74, 6) is -0.257. The molecule has 0 fully saturated rings. The van der Waals surface area contributed by atoms with Crippen molar-refractivity contribution in [1.29, 1.82) is 0 Å². The molecule has 1 aromatic heterocycles. The van der Waals surface area contributed by atoms with E-state index in [9.17, 15) is 9.59 Å². The molecule has 7 nitrogen and oxygen atoms in total. The number of carbonyl (C=O) groups excluding carboxylic acids is 2. The van der Waals surface area contributed by atoms with Crippen molar-refractivity contribution in [2.24, 2.45) is 0 Å². The van der Waals surface area contributed by atoms with Gasteiger partial charge in [0.1, 0.15) is 0 Å². The number of fused-ring (bicyclic) bond motifs is 1. The molecule has 2 N–H and O–H groups in total. The first-order valence-electron chi connectivity index (χ1n) is 10.1. The van der Waals surface area contributed by atoms with Crippen LogP contribution in [0.15, 0.2) is 24.3 Å². The van der Waals surface area contributed by atoms with Crippen molar-refractivity contribution >= 4 is 17.5 Å². The molecule has 0 unspecified atom stereocenters. The van der Waals surface area contributed by atoms with Crippen LogP contribution in [-0.4, -0.2) is 41.6 Å². The van der Waals surface area contributed by atoms with Gasteiger partial charge in [-0.3, -0.25) is 9.59 Å². The molecule has 7 heteroatoms. The number of carbonyl (C=O) groups is 2. The minimum Gasteiger partial charge on any atom is -0.383 e. The Morgan fingerprint density at radius 3 is 2.66 bits per heavy atom. The third kappa shape index (κ3) is 4.67. The lowest BCUT2D eigenvalue weighted by atomic mass is 9.86. The molecule has 0 atom stereocenters. The van der Waals surface area contributed by atoms with E-state index in [1.54, 1.807) is 7.11 Å². The quantitative estimate of drug-likeness (QED) is 0.732. The highest BCUT2D eigenvalue weighted by Crippen LogP contribution is 2.30. The second-order valence-corrected chi connectivity index (χ2v) is 8.34. The lowest BCUT2D eigenvalue weighted by molar-refractivity contribution is 0.0921. The zero-order valence-corrected chi connectivity index (χ0v) is 17.7. The van der Waals surface area contributed by atoms with Crippen molar-refractivity contribution in [3.63, 3.8) is 0 Å². The van der Waals surface area contributed by atoms with Crippen molar-refractivity contribution in [3.05, 3.63) is 47.0 Å². The Balaban J connectivity index is 1.89. The third-order valence-corrected chi connectivity index (χ3v) is 5.11. The number of ether oxygens (including phenoxy) is 1. The summed E-state index contributed by atoms with van der Waals surface area (Å²) < 4.78 is 6.87. The van der Waals surface area contributed by atoms with E-state index in [-0.39, 0.29) is 17.2 Å². The van der Waals surface area contributed by atoms with E-state index in [1.165, 1.54) is 0 Å². The van der Waals surface area contributed by atoms with Crippen LogP contribution in [0.3, 0.4) is 0 Å². The number of hydrogen-bond donors (Lipinski definition) is 2. The van der Waals surface area contributed by atoms with Gasteiger partial charge in [-0.1, -0.05) is 39.0 Å². The minimum absolute atomic E-state index is 0.107. The van der Waals surface area contributed by atoms with Crippen LogP contribution in [0, 0.1) is 0 Å². The number of nitrogens with zero attached hydrogens (tertiary/aromatic N) is 2. The Labute approximate surface area is 171 Å². The van der Waals surface area contributed by atoms with Gasteiger partial charge in [0.05, 0.1) is 12.3 Å². The Hall–Kier alpha value is -2.67. The molecule has 1 aromatic carbocycles. The summed E-state index contributed by atoms with van der Waals surface area (Å²) in [4.78, 5) is 30.2. The van der Waals surface area contributed by atoms with Gasteiger partial charge in [0.2, 0.25) is 0 Å². The number of hydrogen-bond acceptors (Lipinski definition) is 4. The summed E-state index contributed by atoms with van der Waals surface area (Å²) in [5, 5.41) is 5.82. The molecule has 0 bridgehead atoms. The van der Waals surface area contributed by atoms with Gasteiger partial charge in [0.25, 0.3) is 11.8 Å². The van der Waals surface area contributed by atoms with Crippen LogP contribution in [-0.2, 0) is 23.1 Å². The number of para-hydroxylation sites is 1. The molecule has 2 amide bonds. The smallest absolute Gasteiger partial charge is 0.287 e. The molecule has 0 aliphatic carbocycles. The molecule has 3 rings (SSSR count). The van der Waals surface area contributed by atoms with Crippen molar-refractivity contribution in [2.45, 2.75) is 52.0 Å². The maximum Gasteiger partial charge on any atom is 0.287 e. The van der Waals surface area contributed by atoms with Crippen molar-refractivity contribution < 1.29 is 14.3 Å². The number of nitrogens with one attached hydrogen (secondary N) is 2. The number of amides is 2. The Bertz CT molecular complexity index is 896. The normalized spacial score (nSPS) is 13.7. The monoisotopic (exact) mass is 398 g/mol. The Kier molecular flexibility index (Phi) is 6.37. The standard InChI is InChI=1S/C22H30N4O3/c1-22(2,3)15-9-5-6-10-16(15)24-20(27)18-17-11-7-8-13-26(17)19(25-18)21(28)23-12-14-29-4/h5-6,9-10H,7-8,11-14H2,1-4H3,(H,23,28)(H,24,27). The second kappa shape index (κ2) is 8.78. The molecular weight excluding hydrogens is 368 g/mol. The second-order valence-electron chi connectivity index (χ2n) is 8.34. The van der Waals surface area contributed by atoms with Crippen LogP contribution in [0.1, 0.15) is 66.0 Å². The lowest BCUT2D eigenvalue weighted by Gasteiger charge is -2.23. The van der Waals surface area contributed by atoms with Gasteiger partial charge in [0, 0.05) is 25.9 Å². The van der Waals surface area contributed by atoms with E-state index in [1.807, 2.05) is 28.8 Å². The average Bonchev–Trinajstić information content (AvgIpc) is 3.08. The lowest BCUT2D eigenvalue weighted by Crippen LogP contribution is -2.30. The molecule has 2 heterocycles. The van der Waals surface area contributed by atoms with Gasteiger partial charge in [-0.2, -0.15) is 0 Å². The summed E-state index contributed by atoms with van der Waals surface area (Å²) in [6.07, 6.45) is 2.69. The van der Waals surface area contributed by atoms with Crippen molar-refractivity contribution in [2.75, 3.05) is 25.6 Å². The van der Waals surface area contributed by atoms with Gasteiger partial charge in [-0.25, -0.2) is 4.98 Å². The molecule has 2 aromatic rings. The molecule has 1 aliphatic heterocycles. The van der Waals surface area contributed by atoms with Crippen LogP contribution in [0.4, 0.5) is 5.69 Å². The van der Waals surface area contributed by atoms with Gasteiger partial charge >= 0.3 is 0 Å². The predicted molar refractivity (Wildman–Crippen MR) is 112 cm³/mol. The summed E-state index contributed by atoms with van der Waals surface area (Å²) in [7, 11) is 1.58. The van der Waals surface area contributed by atoms with E-state index in [2.05, 4.69) is 36.4 Å². The maximum absolute atomic E-state index is 13.1. The molecule has 1 aliphatic rings. The maximum atomic E-state index is 13.1. The van der Waals surface area contributed by atoms with E-state index in [0.717, 1.165) is 36.2 Å². The summed E-state index contributed by atoms with van der Waals surface area (Å²) in [5.41, 5.74) is 2.89. The summed E-state index contributed by atoms with van der Waals surface area (Å²) in [6, 6.07) is 7.80. The highest BCUT2D eigenvalue weighted by molar-refractivity contribution is 6.05. The predicted octanol–water partition coefficient (Wildman–Crippen LogP) is 3.15. The van der Waals surface area contributed by atoms with Gasteiger partial charge in [0.15, 0.2) is 11.5 Å². The molecular formula is C22H30N4O3. The largest absolute Gasteiger partial charge is 0.383 e. The van der Waals surface area contributed by atoms with E-state index >= 15 is 0 Å². The first-order chi connectivity index (χ1) is 13.8. The van der Waals surface area contributed by atoms with Crippen LogP contribution >= 0.6 is 0 Å². The zero-order valence-electron chi connectivity index (χ0n) is 17.7. The highest BCUT2D eigenvalue weighted by Gasteiger charge is 2.28. The van der Waals surface area contributed by atoms with Crippen LogP contribution in [0.5, 0.6) is 0 Å². The topological polar surface area (TPSA) is 85.2 Å². The number of methoxy groups -OCH3 is 1. The highest BCUT2D eigenvalue weighted by atomic mass is 16.5. The van der Waals surface area contributed by atoms with Crippen molar-refractivity contribution in [3.8, 4) is 0 Å². The van der Waals surface area contributed by atoms with Gasteiger partial charge in [-0.15, -0.1) is 0 Å². The van der Waals surface area contributed by atoms with Gasteiger partial charge < -0.3 is 19.9 Å². The average molecular weight is 399 g/mol. The zero-order chi connectivity index (χ0) is 21.0. The van der Waals surface area contributed by atoms with Crippen molar-refractivity contribution in [1.82, 2.24) is 14.9 Å².